The third-order valence-corrected chi connectivity index (χ3v) is 6.52. The Hall–Kier alpha value is -2.97. The van der Waals surface area contributed by atoms with Crippen molar-refractivity contribution in [2.75, 3.05) is 31.9 Å². The minimum absolute atomic E-state index is 0.193. The molecule has 1 heterocycles. The van der Waals surface area contributed by atoms with Crippen LogP contribution in [0.25, 0.3) is 11.1 Å². The number of carbonyl (C=O) groups excluding carboxylic acids is 2. The highest BCUT2D eigenvalue weighted by molar-refractivity contribution is 8.00. The summed E-state index contributed by atoms with van der Waals surface area (Å²) in [4.78, 5) is 26.4. The predicted octanol–water partition coefficient (Wildman–Crippen LogP) is 5.65. The predicted molar refractivity (Wildman–Crippen MR) is 129 cm³/mol. The number of rotatable bonds is 9. The van der Waals surface area contributed by atoms with Gasteiger partial charge in [-0.15, -0.1) is 23.1 Å². The van der Waals surface area contributed by atoms with E-state index in [4.69, 9.17) is 14.2 Å². The second-order valence-corrected chi connectivity index (χ2v) is 8.72. The molecule has 2 aromatic carbocycles. The Bertz CT molecular complexity index is 1090. The molecule has 6 nitrogen and oxygen atoms in total. The summed E-state index contributed by atoms with van der Waals surface area (Å²) >= 11 is 2.73. The standard InChI is InChI=1S/C24H25NO5S2/c1-5-30-24(27)22-18(16-8-11-19(28-3)20(12-16)29-4)13-32-23(22)25-21(26)14-31-17-9-6-15(2)7-10-17/h6-13H,5,14H2,1-4H3,(H,25,26). The van der Waals surface area contributed by atoms with Gasteiger partial charge in [0.1, 0.15) is 10.6 Å². The molecule has 3 rings (SSSR count). The zero-order valence-electron chi connectivity index (χ0n) is 18.4. The highest BCUT2D eigenvalue weighted by Crippen LogP contribution is 2.39. The first-order valence-electron chi connectivity index (χ1n) is 9.97. The minimum atomic E-state index is -0.486. The van der Waals surface area contributed by atoms with Gasteiger partial charge in [0.25, 0.3) is 0 Å². The molecule has 1 amide bonds. The van der Waals surface area contributed by atoms with Crippen LogP contribution >= 0.6 is 23.1 Å². The molecule has 3 aromatic rings. The zero-order chi connectivity index (χ0) is 23.1. The molecule has 0 aliphatic heterocycles. The van der Waals surface area contributed by atoms with Crippen LogP contribution in [0.15, 0.2) is 52.7 Å². The van der Waals surface area contributed by atoms with Crippen molar-refractivity contribution >= 4 is 40.0 Å². The Morgan fingerprint density at radius 1 is 1.03 bits per heavy atom. The molecule has 8 heteroatoms. The fourth-order valence-electron chi connectivity index (χ4n) is 3.02. The number of carbonyl (C=O) groups is 2. The second kappa shape index (κ2) is 11.1. The van der Waals surface area contributed by atoms with Gasteiger partial charge in [-0.05, 0) is 43.7 Å². The lowest BCUT2D eigenvalue weighted by Crippen LogP contribution is -2.16. The molecule has 168 valence electrons. The first kappa shape index (κ1) is 23.7. The maximum absolute atomic E-state index is 12.8. The molecule has 0 unspecified atom stereocenters. The summed E-state index contributed by atoms with van der Waals surface area (Å²) in [6.45, 7) is 4.00. The summed E-state index contributed by atoms with van der Waals surface area (Å²) < 4.78 is 16.0. The Balaban J connectivity index is 1.85. The second-order valence-electron chi connectivity index (χ2n) is 6.79. The van der Waals surface area contributed by atoms with Gasteiger partial charge in [0, 0.05) is 15.8 Å². The van der Waals surface area contributed by atoms with Crippen molar-refractivity contribution in [2.45, 2.75) is 18.7 Å². The normalized spacial score (nSPS) is 10.5. The largest absolute Gasteiger partial charge is 0.493 e. The monoisotopic (exact) mass is 471 g/mol. The topological polar surface area (TPSA) is 73.9 Å². The quantitative estimate of drug-likeness (QED) is 0.321. The molecule has 32 heavy (non-hydrogen) atoms. The van der Waals surface area contributed by atoms with E-state index in [1.165, 1.54) is 28.7 Å². The van der Waals surface area contributed by atoms with Crippen LogP contribution in [-0.4, -0.2) is 38.5 Å². The van der Waals surface area contributed by atoms with Gasteiger partial charge in [-0.25, -0.2) is 4.79 Å². The summed E-state index contributed by atoms with van der Waals surface area (Å²) in [5.74, 6) is 0.688. The lowest BCUT2D eigenvalue weighted by atomic mass is 10.0. The lowest BCUT2D eigenvalue weighted by molar-refractivity contribution is -0.113. The summed E-state index contributed by atoms with van der Waals surface area (Å²) in [5, 5.41) is 5.17. The zero-order valence-corrected chi connectivity index (χ0v) is 20.0. The van der Waals surface area contributed by atoms with E-state index in [1.54, 1.807) is 33.3 Å². The molecule has 1 aromatic heterocycles. The number of nitrogens with one attached hydrogen (secondary N) is 1. The Morgan fingerprint density at radius 2 is 1.75 bits per heavy atom. The van der Waals surface area contributed by atoms with Crippen LogP contribution in [0.3, 0.4) is 0 Å². The summed E-state index contributed by atoms with van der Waals surface area (Å²) in [5.41, 5.74) is 2.92. The van der Waals surface area contributed by atoms with Gasteiger partial charge >= 0.3 is 5.97 Å². The molecular weight excluding hydrogens is 446 g/mol. The first-order chi connectivity index (χ1) is 15.5. The van der Waals surface area contributed by atoms with Crippen LogP contribution in [0.5, 0.6) is 11.5 Å². The number of aryl methyl sites for hydroxylation is 1. The fourth-order valence-corrected chi connectivity index (χ4v) is 4.69. The van der Waals surface area contributed by atoms with E-state index >= 15 is 0 Å². The van der Waals surface area contributed by atoms with Gasteiger partial charge in [-0.2, -0.15) is 0 Å². The number of thiophene rings is 1. The number of benzene rings is 2. The van der Waals surface area contributed by atoms with E-state index < -0.39 is 5.97 Å². The average Bonchev–Trinajstić information content (AvgIpc) is 3.21. The van der Waals surface area contributed by atoms with Crippen molar-refractivity contribution in [3.8, 4) is 22.6 Å². The molecule has 0 bridgehead atoms. The van der Waals surface area contributed by atoms with Crippen LogP contribution < -0.4 is 14.8 Å². The van der Waals surface area contributed by atoms with E-state index in [-0.39, 0.29) is 18.3 Å². The van der Waals surface area contributed by atoms with E-state index in [2.05, 4.69) is 5.32 Å². The molecule has 0 saturated heterocycles. The van der Waals surface area contributed by atoms with Crippen molar-refractivity contribution in [3.63, 3.8) is 0 Å². The summed E-state index contributed by atoms with van der Waals surface area (Å²) in [7, 11) is 3.12. The van der Waals surface area contributed by atoms with Crippen LogP contribution in [0.2, 0.25) is 0 Å². The number of esters is 1. The van der Waals surface area contributed by atoms with Gasteiger partial charge in [-0.1, -0.05) is 23.8 Å². The number of hydrogen-bond donors (Lipinski definition) is 1. The molecule has 0 atom stereocenters. The van der Waals surface area contributed by atoms with Crippen LogP contribution in [-0.2, 0) is 9.53 Å². The van der Waals surface area contributed by atoms with Crippen molar-refractivity contribution in [1.29, 1.82) is 0 Å². The number of methoxy groups -OCH3 is 2. The molecular formula is C24H25NO5S2. The van der Waals surface area contributed by atoms with Gasteiger partial charge in [0.15, 0.2) is 11.5 Å². The van der Waals surface area contributed by atoms with Crippen molar-refractivity contribution in [1.82, 2.24) is 0 Å². The fraction of sp³-hybridized carbons (Fsp3) is 0.250. The Kier molecular flexibility index (Phi) is 8.19. The molecule has 0 fully saturated rings. The van der Waals surface area contributed by atoms with E-state index in [0.717, 1.165) is 10.5 Å². The van der Waals surface area contributed by atoms with Crippen LogP contribution in [0, 0.1) is 6.92 Å². The number of amides is 1. The molecule has 0 aliphatic carbocycles. The number of thioether (sulfide) groups is 1. The molecule has 1 N–H and O–H groups in total. The molecule has 0 radical (unpaired) electrons. The van der Waals surface area contributed by atoms with Gasteiger partial charge in [0.2, 0.25) is 5.91 Å². The SMILES string of the molecule is CCOC(=O)c1c(-c2ccc(OC)c(OC)c2)csc1NC(=O)CSc1ccc(C)cc1. The Labute approximate surface area is 195 Å². The number of anilines is 1. The van der Waals surface area contributed by atoms with E-state index in [1.807, 2.05) is 42.6 Å². The smallest absolute Gasteiger partial charge is 0.341 e. The third kappa shape index (κ3) is 5.63. The highest BCUT2D eigenvalue weighted by atomic mass is 32.2. The minimum Gasteiger partial charge on any atom is -0.493 e. The molecule has 0 spiro atoms. The van der Waals surface area contributed by atoms with Crippen molar-refractivity contribution in [2.24, 2.45) is 0 Å². The summed E-state index contributed by atoms with van der Waals surface area (Å²) in [6.07, 6.45) is 0. The van der Waals surface area contributed by atoms with Gasteiger partial charge < -0.3 is 19.5 Å². The van der Waals surface area contributed by atoms with Gasteiger partial charge in [0.05, 0.1) is 26.6 Å². The van der Waals surface area contributed by atoms with E-state index in [0.29, 0.717) is 27.6 Å². The molecule has 0 aliphatic rings. The Morgan fingerprint density at radius 3 is 2.41 bits per heavy atom. The number of ether oxygens (including phenoxy) is 3. The number of hydrogen-bond acceptors (Lipinski definition) is 7. The highest BCUT2D eigenvalue weighted by Gasteiger charge is 2.23. The van der Waals surface area contributed by atoms with Crippen molar-refractivity contribution in [3.05, 3.63) is 59.0 Å². The van der Waals surface area contributed by atoms with Crippen LogP contribution in [0.4, 0.5) is 5.00 Å². The van der Waals surface area contributed by atoms with Gasteiger partial charge in [-0.3, -0.25) is 4.79 Å². The van der Waals surface area contributed by atoms with E-state index in [9.17, 15) is 9.59 Å². The maximum atomic E-state index is 12.8. The maximum Gasteiger partial charge on any atom is 0.341 e. The third-order valence-electron chi connectivity index (χ3n) is 4.61. The van der Waals surface area contributed by atoms with Crippen molar-refractivity contribution < 1.29 is 23.8 Å². The average molecular weight is 472 g/mol. The molecule has 0 saturated carbocycles. The van der Waals surface area contributed by atoms with Crippen LogP contribution in [0.1, 0.15) is 22.8 Å². The lowest BCUT2D eigenvalue weighted by Gasteiger charge is -2.11. The summed E-state index contributed by atoms with van der Waals surface area (Å²) in [6, 6.07) is 13.4. The first-order valence-corrected chi connectivity index (χ1v) is 11.8.